The van der Waals surface area contributed by atoms with Gasteiger partial charge in [-0.05, 0) is 0 Å². The zero-order valence-electron chi connectivity index (χ0n) is 12.3. The molecule has 0 aliphatic carbocycles. The van der Waals surface area contributed by atoms with Crippen LogP contribution in [0.2, 0.25) is 0 Å². The lowest BCUT2D eigenvalue weighted by molar-refractivity contribution is 0.183. The molecule has 2 rings (SSSR count). The Morgan fingerprint density at radius 3 is 3.10 bits per heavy atom. The summed E-state index contributed by atoms with van der Waals surface area (Å²) < 4.78 is 5.80. The minimum Gasteiger partial charge on any atom is -0.471 e. The normalized spacial score (nSPS) is 17.7. The van der Waals surface area contributed by atoms with Crippen LogP contribution in [-0.4, -0.2) is 66.6 Å². The molecule has 2 amide bonds. The average Bonchev–Trinajstić information content (AvgIpc) is 2.93. The number of carbonyl (C=O) groups excluding carboxylic acids is 1. The molecule has 0 saturated carbocycles. The summed E-state index contributed by atoms with van der Waals surface area (Å²) in [6.45, 7) is 1.68. The number of alkyl halides is 1. The number of hydrogen-bond donors (Lipinski definition) is 1. The SMILES string of the molecule is CN(C)c1cncc(OC2CCN(C(=O)NCCCl)C2)n1. The number of nitrogens with one attached hydrogen (secondary N) is 1. The van der Waals surface area contributed by atoms with E-state index in [2.05, 4.69) is 15.3 Å². The van der Waals surface area contributed by atoms with Crippen molar-refractivity contribution < 1.29 is 9.53 Å². The Hall–Kier alpha value is -1.76. The third-order valence-electron chi connectivity index (χ3n) is 3.15. The fourth-order valence-electron chi connectivity index (χ4n) is 2.06. The molecule has 1 N–H and O–H groups in total. The van der Waals surface area contributed by atoms with E-state index in [0.717, 1.165) is 12.2 Å². The van der Waals surface area contributed by atoms with Crippen molar-refractivity contribution in [1.82, 2.24) is 20.2 Å². The van der Waals surface area contributed by atoms with E-state index in [1.807, 2.05) is 19.0 Å². The van der Waals surface area contributed by atoms with Gasteiger partial charge in [0, 0.05) is 39.5 Å². The van der Waals surface area contributed by atoms with E-state index in [4.69, 9.17) is 16.3 Å². The molecule has 0 radical (unpaired) electrons. The summed E-state index contributed by atoms with van der Waals surface area (Å²) in [6, 6.07) is -0.102. The summed E-state index contributed by atoms with van der Waals surface area (Å²) in [5, 5.41) is 2.75. The van der Waals surface area contributed by atoms with Crippen molar-refractivity contribution in [3.63, 3.8) is 0 Å². The first-order valence-electron chi connectivity index (χ1n) is 6.85. The fourth-order valence-corrected chi connectivity index (χ4v) is 2.15. The summed E-state index contributed by atoms with van der Waals surface area (Å²) in [7, 11) is 3.79. The van der Waals surface area contributed by atoms with Crippen molar-refractivity contribution >= 4 is 23.4 Å². The molecule has 2 heterocycles. The number of ether oxygens (including phenoxy) is 1. The molecule has 0 spiro atoms. The van der Waals surface area contributed by atoms with Gasteiger partial charge in [-0.1, -0.05) is 0 Å². The highest BCUT2D eigenvalue weighted by Gasteiger charge is 2.27. The van der Waals surface area contributed by atoms with E-state index in [1.165, 1.54) is 0 Å². The van der Waals surface area contributed by atoms with E-state index in [-0.39, 0.29) is 12.1 Å². The van der Waals surface area contributed by atoms with Crippen molar-refractivity contribution in [3.8, 4) is 5.88 Å². The van der Waals surface area contributed by atoms with Gasteiger partial charge in [0.25, 0.3) is 0 Å². The monoisotopic (exact) mass is 313 g/mol. The van der Waals surface area contributed by atoms with Crippen LogP contribution in [-0.2, 0) is 0 Å². The Labute approximate surface area is 129 Å². The number of rotatable bonds is 5. The average molecular weight is 314 g/mol. The van der Waals surface area contributed by atoms with Gasteiger partial charge < -0.3 is 19.9 Å². The van der Waals surface area contributed by atoms with Crippen molar-refractivity contribution in [2.45, 2.75) is 12.5 Å². The first kappa shape index (κ1) is 15.6. The number of hydrogen-bond acceptors (Lipinski definition) is 5. The van der Waals surface area contributed by atoms with E-state index >= 15 is 0 Å². The molecule has 1 aliphatic rings. The summed E-state index contributed by atoms with van der Waals surface area (Å²) in [6.07, 6.45) is 3.98. The zero-order valence-corrected chi connectivity index (χ0v) is 13.0. The summed E-state index contributed by atoms with van der Waals surface area (Å²) in [4.78, 5) is 23.9. The first-order chi connectivity index (χ1) is 10.1. The molecular weight excluding hydrogens is 294 g/mol. The Bertz CT molecular complexity index is 485. The molecule has 7 nitrogen and oxygen atoms in total. The summed E-state index contributed by atoms with van der Waals surface area (Å²) in [5.41, 5.74) is 0. The molecule has 1 aromatic rings. The number of amides is 2. The maximum Gasteiger partial charge on any atom is 0.317 e. The third-order valence-corrected chi connectivity index (χ3v) is 3.34. The Morgan fingerprint density at radius 1 is 1.57 bits per heavy atom. The second-order valence-electron chi connectivity index (χ2n) is 5.01. The topological polar surface area (TPSA) is 70.6 Å². The zero-order chi connectivity index (χ0) is 15.2. The van der Waals surface area contributed by atoms with Crippen molar-refractivity contribution in [2.75, 3.05) is 44.5 Å². The van der Waals surface area contributed by atoms with Gasteiger partial charge in [-0.25, -0.2) is 4.79 Å². The van der Waals surface area contributed by atoms with E-state index in [9.17, 15) is 4.79 Å². The second kappa shape index (κ2) is 7.31. The molecule has 1 aliphatic heterocycles. The highest BCUT2D eigenvalue weighted by atomic mass is 35.5. The number of nitrogens with zero attached hydrogens (tertiary/aromatic N) is 4. The van der Waals surface area contributed by atoms with Gasteiger partial charge in [0.1, 0.15) is 6.10 Å². The van der Waals surface area contributed by atoms with Crippen molar-refractivity contribution in [3.05, 3.63) is 12.4 Å². The van der Waals surface area contributed by atoms with Crippen molar-refractivity contribution in [2.24, 2.45) is 0 Å². The van der Waals surface area contributed by atoms with Crippen LogP contribution in [0.5, 0.6) is 5.88 Å². The molecule has 0 aromatic carbocycles. The number of likely N-dealkylation sites (tertiary alicyclic amines) is 1. The number of halogens is 1. The Morgan fingerprint density at radius 2 is 2.38 bits per heavy atom. The molecule has 21 heavy (non-hydrogen) atoms. The summed E-state index contributed by atoms with van der Waals surface area (Å²) in [5.74, 6) is 1.63. The van der Waals surface area contributed by atoms with Crippen LogP contribution >= 0.6 is 11.6 Å². The molecule has 1 fully saturated rings. The van der Waals surface area contributed by atoms with Crippen LogP contribution in [0.3, 0.4) is 0 Å². The first-order valence-corrected chi connectivity index (χ1v) is 7.38. The predicted molar refractivity (Wildman–Crippen MR) is 81.1 cm³/mol. The summed E-state index contributed by atoms with van der Waals surface area (Å²) >= 11 is 5.55. The predicted octanol–water partition coefficient (Wildman–Crippen LogP) is 0.944. The van der Waals surface area contributed by atoms with E-state index in [0.29, 0.717) is 31.4 Å². The quantitative estimate of drug-likeness (QED) is 0.819. The Balaban J connectivity index is 1.87. The molecule has 1 unspecified atom stereocenters. The molecule has 0 bridgehead atoms. The van der Waals surface area contributed by atoms with Gasteiger partial charge in [-0.15, -0.1) is 11.6 Å². The van der Waals surface area contributed by atoms with Gasteiger partial charge >= 0.3 is 6.03 Å². The smallest absolute Gasteiger partial charge is 0.317 e. The third kappa shape index (κ3) is 4.35. The number of aromatic nitrogens is 2. The number of urea groups is 1. The standard InChI is InChI=1S/C13H20ClN5O2/c1-18(2)11-7-15-8-12(17-11)21-10-3-6-19(9-10)13(20)16-5-4-14/h7-8,10H,3-6,9H2,1-2H3,(H,16,20). The lowest BCUT2D eigenvalue weighted by Gasteiger charge is -2.18. The molecule has 1 aromatic heterocycles. The molecule has 1 saturated heterocycles. The highest BCUT2D eigenvalue weighted by Crippen LogP contribution is 2.18. The maximum absolute atomic E-state index is 11.8. The molecule has 8 heteroatoms. The highest BCUT2D eigenvalue weighted by molar-refractivity contribution is 6.18. The molecular formula is C13H20ClN5O2. The minimum absolute atomic E-state index is 0.0570. The maximum atomic E-state index is 11.8. The van der Waals surface area contributed by atoms with Gasteiger partial charge in [0.15, 0.2) is 5.82 Å². The van der Waals surface area contributed by atoms with Gasteiger partial charge in [0.2, 0.25) is 5.88 Å². The second-order valence-corrected chi connectivity index (χ2v) is 5.38. The van der Waals surface area contributed by atoms with Crippen LogP contribution in [0, 0.1) is 0 Å². The van der Waals surface area contributed by atoms with E-state index < -0.39 is 0 Å². The van der Waals surface area contributed by atoms with Gasteiger partial charge in [-0.2, -0.15) is 4.98 Å². The van der Waals surface area contributed by atoms with Crippen LogP contribution in [0.25, 0.3) is 0 Å². The lowest BCUT2D eigenvalue weighted by Crippen LogP contribution is -2.40. The fraction of sp³-hybridized carbons (Fsp3) is 0.615. The van der Waals surface area contributed by atoms with Crippen LogP contribution in [0.4, 0.5) is 10.6 Å². The largest absolute Gasteiger partial charge is 0.471 e. The van der Waals surface area contributed by atoms with Crippen LogP contribution < -0.4 is 15.0 Å². The minimum atomic E-state index is -0.102. The van der Waals surface area contributed by atoms with Gasteiger partial charge in [-0.3, -0.25) is 4.98 Å². The molecule has 1 atom stereocenters. The van der Waals surface area contributed by atoms with Crippen molar-refractivity contribution in [1.29, 1.82) is 0 Å². The van der Waals surface area contributed by atoms with Gasteiger partial charge in [0.05, 0.1) is 18.9 Å². The van der Waals surface area contributed by atoms with Crippen LogP contribution in [0.1, 0.15) is 6.42 Å². The Kier molecular flexibility index (Phi) is 5.44. The van der Waals surface area contributed by atoms with E-state index in [1.54, 1.807) is 17.3 Å². The lowest BCUT2D eigenvalue weighted by atomic mass is 10.3. The number of anilines is 1. The number of carbonyl (C=O) groups is 1. The van der Waals surface area contributed by atoms with Crippen LogP contribution in [0.15, 0.2) is 12.4 Å². The molecule has 116 valence electrons.